The highest BCUT2D eigenvalue weighted by molar-refractivity contribution is 5.95. The summed E-state index contributed by atoms with van der Waals surface area (Å²) in [6.07, 6.45) is -17.9. The van der Waals surface area contributed by atoms with Gasteiger partial charge in [-0.3, -0.25) is 18.9 Å². The van der Waals surface area contributed by atoms with Gasteiger partial charge in [0.15, 0.2) is 61.9 Å². The zero-order valence-corrected chi connectivity index (χ0v) is 42.8. The van der Waals surface area contributed by atoms with Crippen LogP contribution in [0.25, 0.3) is 0 Å². The Morgan fingerprint density at radius 3 is 1.57 bits per heavy atom. The molecule has 75 heavy (non-hydrogen) atoms. The molecule has 4 amide bonds. The number of aromatic nitrogens is 4. The Hall–Kier alpha value is -5.63. The van der Waals surface area contributed by atoms with Crippen LogP contribution in [0.15, 0.2) is 39.1 Å². The van der Waals surface area contributed by atoms with E-state index in [0.717, 1.165) is 18.9 Å². The van der Waals surface area contributed by atoms with Crippen LogP contribution in [0.4, 0.5) is 56.3 Å². The molecule has 23 nitrogen and oxygen atoms in total. The minimum absolute atomic E-state index is 0.0310. The van der Waals surface area contributed by atoms with Gasteiger partial charge < -0.3 is 52.7 Å². The highest BCUT2D eigenvalue weighted by atomic mass is 19.1. The maximum Gasteiger partial charge on any atom is 0.351 e. The summed E-state index contributed by atoms with van der Waals surface area (Å²) >= 11 is 0. The zero-order valence-electron chi connectivity index (χ0n) is 42.8. The Morgan fingerprint density at radius 1 is 0.653 bits per heavy atom. The van der Waals surface area contributed by atoms with E-state index < -0.39 is 141 Å². The lowest BCUT2D eigenvalue weighted by Crippen LogP contribution is -2.59. The van der Waals surface area contributed by atoms with Crippen LogP contribution in [0.2, 0.25) is 0 Å². The number of anilines is 2. The van der Waals surface area contributed by atoms with E-state index in [1.807, 2.05) is 41.5 Å². The fourth-order valence-electron chi connectivity index (χ4n) is 7.87. The number of carbonyl (C=O) groups excluding carboxylic acids is 2. The normalized spacial score (nSPS) is 33.4. The van der Waals surface area contributed by atoms with E-state index in [0.29, 0.717) is 19.3 Å². The lowest BCUT2D eigenvalue weighted by Gasteiger charge is -2.35. The number of nitrogen functional groups attached to an aromatic ring is 2. The predicted molar refractivity (Wildman–Crippen MR) is 260 cm³/mol. The maximum absolute atomic E-state index is 13.7. The Labute approximate surface area is 427 Å². The molecule has 6 aliphatic rings. The quantitative estimate of drug-likeness (QED) is 0.194. The molecular formula is C44H72F8N12O11. The van der Waals surface area contributed by atoms with Crippen LogP contribution < -0.4 is 39.6 Å². The molecule has 31 heteroatoms. The summed E-state index contributed by atoms with van der Waals surface area (Å²) in [5, 5.41) is 20.2. The van der Waals surface area contributed by atoms with Crippen LogP contribution in [0.3, 0.4) is 0 Å². The molecule has 17 atom stereocenters. The molecular weight excluding hydrogens is 1020 g/mol. The lowest BCUT2D eigenvalue weighted by atomic mass is 10.1. The van der Waals surface area contributed by atoms with Gasteiger partial charge in [0.25, 0.3) is 0 Å². The Kier molecular flexibility index (Phi) is 29.4. The van der Waals surface area contributed by atoms with Crippen molar-refractivity contribution < 1.29 is 69.1 Å². The number of nitrogens with two attached hydrogens (primary N) is 4. The number of hydrogen-bond acceptors (Lipinski definition) is 17. The van der Waals surface area contributed by atoms with E-state index in [1.54, 1.807) is 6.92 Å². The number of aliphatic hydroxyl groups excluding tert-OH is 2. The fourth-order valence-corrected chi connectivity index (χ4v) is 7.87. The molecule has 0 radical (unpaired) electrons. The molecule has 5 aliphatic heterocycles. The summed E-state index contributed by atoms with van der Waals surface area (Å²) in [6, 6.07) is 0.514. The summed E-state index contributed by atoms with van der Waals surface area (Å²) in [7, 11) is 0. The first kappa shape index (κ1) is 67.4. The summed E-state index contributed by atoms with van der Waals surface area (Å²) < 4.78 is 125. The summed E-state index contributed by atoms with van der Waals surface area (Å²) in [5.41, 5.74) is 20.0. The molecule has 0 spiro atoms. The van der Waals surface area contributed by atoms with Crippen molar-refractivity contribution in [3.63, 3.8) is 0 Å². The van der Waals surface area contributed by atoms with Gasteiger partial charge in [-0.1, -0.05) is 48.5 Å². The first-order valence-corrected chi connectivity index (χ1v) is 24.3. The van der Waals surface area contributed by atoms with Crippen molar-refractivity contribution in [1.29, 1.82) is 0 Å². The predicted octanol–water partition coefficient (Wildman–Crippen LogP) is 3.68. The molecule has 8 rings (SSSR count). The van der Waals surface area contributed by atoms with Gasteiger partial charge in [0.1, 0.15) is 29.7 Å². The van der Waals surface area contributed by atoms with Crippen LogP contribution in [-0.4, -0.2) is 170 Å². The van der Waals surface area contributed by atoms with Gasteiger partial charge in [-0.05, 0) is 38.3 Å². The van der Waals surface area contributed by atoms with E-state index in [-0.39, 0.29) is 37.0 Å². The number of nitrogens with zero attached hydrogens (tertiary/aromatic N) is 7. The zero-order chi connectivity index (χ0) is 57.6. The highest BCUT2D eigenvalue weighted by Gasteiger charge is 2.51. The number of carbonyl (C=O) groups is 2. The van der Waals surface area contributed by atoms with Crippen molar-refractivity contribution in [3.8, 4) is 0 Å². The first-order valence-electron chi connectivity index (χ1n) is 24.3. The SMILES string of the molecule is CC.CC.CC.CCC1OC(n2ccc(N)nc2=O)C(F)C1[18F].C[C@H]1OC(N2CC[C@H](N)NC2=O)[C@H](F)[C@H]1[18F].NC1=NC(=O)N(C2O[C@H](CO)[C@H](F)[C@H]2[18F])CC1.Nc1ccn(C2CC(CO)C(F)C2[18F])c(=O)n1.O=O. The summed E-state index contributed by atoms with van der Waals surface area (Å²) in [6.45, 7) is 14.5. The largest absolute Gasteiger partial charge is 0.396 e. The Balaban J connectivity index is 0.000000478. The second-order valence-corrected chi connectivity index (χ2v) is 16.2. The van der Waals surface area contributed by atoms with Crippen molar-refractivity contribution >= 4 is 29.5 Å². The molecule has 0 bridgehead atoms. The molecule has 430 valence electrons. The van der Waals surface area contributed by atoms with Gasteiger partial charge in [-0.15, -0.1) is 0 Å². The van der Waals surface area contributed by atoms with E-state index in [4.69, 9.17) is 57.3 Å². The van der Waals surface area contributed by atoms with Gasteiger partial charge >= 0.3 is 23.4 Å². The molecule has 11 N–H and O–H groups in total. The van der Waals surface area contributed by atoms with Gasteiger partial charge in [-0.2, -0.15) is 15.0 Å². The van der Waals surface area contributed by atoms with Crippen molar-refractivity contribution in [1.82, 2.24) is 34.2 Å². The number of halogens is 8. The van der Waals surface area contributed by atoms with Gasteiger partial charge in [0.2, 0.25) is 0 Å². The third-order valence-corrected chi connectivity index (χ3v) is 11.6. The molecule has 7 heterocycles. The number of amidine groups is 1. The number of amides is 4. The van der Waals surface area contributed by atoms with Crippen molar-refractivity contribution in [2.24, 2.45) is 22.4 Å². The Bertz CT molecular complexity index is 2100. The van der Waals surface area contributed by atoms with Crippen LogP contribution in [0.1, 0.15) is 93.3 Å². The van der Waals surface area contributed by atoms with Gasteiger partial charge in [-0.25, -0.2) is 54.3 Å². The van der Waals surface area contributed by atoms with E-state index >= 15 is 0 Å². The van der Waals surface area contributed by atoms with Crippen LogP contribution in [0.5, 0.6) is 0 Å². The van der Waals surface area contributed by atoms with Gasteiger partial charge in [0, 0.05) is 54.4 Å². The minimum atomic E-state index is -1.98. The molecule has 4 saturated heterocycles. The lowest BCUT2D eigenvalue weighted by molar-refractivity contribution is -0.0668. The third kappa shape index (κ3) is 17.2. The molecule has 0 aromatic carbocycles. The van der Waals surface area contributed by atoms with Crippen LogP contribution in [-0.2, 0) is 14.2 Å². The molecule has 1 aliphatic carbocycles. The molecule has 2 aromatic rings. The second kappa shape index (κ2) is 32.7. The highest BCUT2D eigenvalue weighted by Crippen LogP contribution is 2.39. The average Bonchev–Trinajstić information content (AvgIpc) is 4.06. The van der Waals surface area contributed by atoms with Crippen LogP contribution in [0, 0.1) is 15.8 Å². The number of ether oxygens (including phenoxy) is 3. The first-order chi connectivity index (χ1) is 35.6. The van der Waals surface area contributed by atoms with Crippen molar-refractivity contribution in [3.05, 3.63) is 55.4 Å². The van der Waals surface area contributed by atoms with E-state index in [9.17, 15) is 54.3 Å². The number of rotatable bonds is 7. The molecule has 5 fully saturated rings. The molecule has 1 saturated carbocycles. The number of alkyl halides is 8. The van der Waals surface area contributed by atoms with Crippen molar-refractivity contribution in [2.75, 3.05) is 37.8 Å². The van der Waals surface area contributed by atoms with Gasteiger partial charge in [0.05, 0.1) is 31.0 Å². The molecule has 2 aromatic heterocycles. The number of aliphatic hydroxyl groups is 2. The number of urea groups is 2. The second-order valence-electron chi connectivity index (χ2n) is 16.2. The molecule has 10 unspecified atom stereocenters. The minimum Gasteiger partial charge on any atom is -0.396 e. The number of aliphatic imine (C=N–C) groups is 1. The number of hydrogen-bond donors (Lipinski definition) is 7. The van der Waals surface area contributed by atoms with Crippen LogP contribution >= 0.6 is 0 Å². The average molecular weight is 1090 g/mol. The fraction of sp³-hybridized carbons (Fsp3) is 0.750. The topological polar surface area (TPSA) is 341 Å². The van der Waals surface area contributed by atoms with E-state index in [1.165, 1.54) is 31.5 Å². The Morgan fingerprint density at radius 2 is 1.15 bits per heavy atom. The third-order valence-electron chi connectivity index (χ3n) is 11.6. The smallest absolute Gasteiger partial charge is 0.351 e. The summed E-state index contributed by atoms with van der Waals surface area (Å²) in [5.74, 6) is -0.548. The van der Waals surface area contributed by atoms with E-state index in [2.05, 4.69) is 20.3 Å². The monoisotopic (exact) mass is 1090 g/mol. The van der Waals surface area contributed by atoms with Crippen molar-refractivity contribution in [2.45, 2.75) is 180 Å². The number of nitrogens with one attached hydrogen (secondary N) is 1. The standard InChI is InChI=1S/2C10H13F2N3O2.C9H13F2N3O3.C9H15F2N3O2.3C2H6.O2/c11-8-5(4-16)3-6(9(8)12)15-2-1-7(13)14-10(15)17;1-2-5-7(11)8(12)9(17-5)15-4-3-6(13)14-10(15)16;10-6-4(3-15)17-8(7(6)11)14-2-1-5(12)13-9(14)16;1-4-6(10)7(11)8(16-4)14-3-2-5(12)13-9(14)15;4*1-2/h1-2,5-6,8-9,16H,3-4H2,(H2,13,14,17);3-5,7-9H,2H2,1H3,(H2,13,14,16);4,6-8,15H,1-3H2,(H2,12,13,16);4-8H,2-3,12H2,1H3,(H,13,15);3*1-2H3;/t;;4-,6+,7-,8?;4-,5-,6+,7-,8?;;;;/m..11..../s1/i12-1;2*11-1;10-1;;;;. The summed E-state index contributed by atoms with van der Waals surface area (Å²) in [4.78, 5) is 72.5. The maximum atomic E-state index is 13.7.